The number of hydrogen-bond acceptors (Lipinski definition) is 5. The molecule has 2 unspecified atom stereocenters. The molecule has 1 aromatic heterocycles. The number of imidazole rings is 1. The van der Waals surface area contributed by atoms with Crippen LogP contribution in [0, 0.1) is 0 Å². The van der Waals surface area contributed by atoms with Crippen LogP contribution in [-0.4, -0.2) is 57.6 Å². The van der Waals surface area contributed by atoms with Crippen LogP contribution in [0.15, 0.2) is 23.0 Å². The van der Waals surface area contributed by atoms with Crippen molar-refractivity contribution in [2.24, 2.45) is 7.05 Å². The maximum absolute atomic E-state index is 12.8. The van der Waals surface area contributed by atoms with Crippen LogP contribution in [0.1, 0.15) is 30.9 Å². The predicted molar refractivity (Wildman–Crippen MR) is 104 cm³/mol. The zero-order chi connectivity index (χ0) is 19.4. The Bertz CT molecular complexity index is 1020. The number of nitrogens with one attached hydrogen (secondary N) is 2. The van der Waals surface area contributed by atoms with Gasteiger partial charge in [-0.05, 0) is 37.0 Å². The van der Waals surface area contributed by atoms with Gasteiger partial charge in [-0.15, -0.1) is 0 Å². The van der Waals surface area contributed by atoms with Crippen molar-refractivity contribution in [3.8, 4) is 0 Å². The molecule has 2 aromatic rings. The number of amides is 2. The molecule has 4 heterocycles. The molecule has 2 amide bonds. The zero-order valence-electron chi connectivity index (χ0n) is 16.0. The van der Waals surface area contributed by atoms with Crippen molar-refractivity contribution in [3.63, 3.8) is 0 Å². The zero-order valence-corrected chi connectivity index (χ0v) is 16.0. The van der Waals surface area contributed by atoms with Crippen LogP contribution < -0.4 is 16.3 Å². The highest BCUT2D eigenvalue weighted by Crippen LogP contribution is 2.25. The molecule has 3 saturated heterocycles. The molecule has 0 saturated carbocycles. The molecule has 5 rings (SSSR count). The second-order valence-electron chi connectivity index (χ2n) is 8.24. The van der Waals surface area contributed by atoms with Gasteiger partial charge in [0, 0.05) is 45.2 Å². The molecule has 1 aromatic carbocycles. The highest BCUT2D eigenvalue weighted by molar-refractivity contribution is 6.00. The number of piperidine rings is 1. The summed E-state index contributed by atoms with van der Waals surface area (Å²) in [5.41, 5.74) is 2.55. The minimum absolute atomic E-state index is 0.218. The molecule has 2 bridgehead atoms. The Morgan fingerprint density at radius 2 is 2.04 bits per heavy atom. The molecular weight excluding hydrogens is 358 g/mol. The first-order valence-corrected chi connectivity index (χ1v) is 10.0. The van der Waals surface area contributed by atoms with E-state index in [1.165, 1.54) is 16.6 Å². The Morgan fingerprint density at radius 3 is 2.75 bits per heavy atom. The van der Waals surface area contributed by atoms with E-state index in [-0.39, 0.29) is 18.0 Å². The van der Waals surface area contributed by atoms with Gasteiger partial charge in [-0.2, -0.15) is 0 Å². The fourth-order valence-corrected chi connectivity index (χ4v) is 4.99. The van der Waals surface area contributed by atoms with Crippen molar-refractivity contribution < 1.29 is 9.59 Å². The van der Waals surface area contributed by atoms with Gasteiger partial charge < -0.3 is 5.32 Å². The van der Waals surface area contributed by atoms with E-state index in [0.29, 0.717) is 18.5 Å². The van der Waals surface area contributed by atoms with Crippen molar-refractivity contribution >= 4 is 22.8 Å². The summed E-state index contributed by atoms with van der Waals surface area (Å²) in [4.78, 5) is 39.1. The molecule has 8 nitrogen and oxygen atoms in total. The summed E-state index contributed by atoms with van der Waals surface area (Å²) in [5.74, 6) is -0.671. The second-order valence-corrected chi connectivity index (χ2v) is 8.24. The van der Waals surface area contributed by atoms with Crippen molar-refractivity contribution in [2.75, 3.05) is 19.6 Å². The molecular formula is C20H25N5O3. The van der Waals surface area contributed by atoms with E-state index in [1.807, 2.05) is 6.07 Å². The first kappa shape index (κ1) is 17.6. The largest absolute Gasteiger partial charge is 0.329 e. The maximum atomic E-state index is 12.8. The molecule has 8 heteroatoms. The van der Waals surface area contributed by atoms with Gasteiger partial charge in [0.1, 0.15) is 6.04 Å². The summed E-state index contributed by atoms with van der Waals surface area (Å²) in [6, 6.07) is 6.73. The highest BCUT2D eigenvalue weighted by Gasteiger charge is 2.37. The van der Waals surface area contributed by atoms with Gasteiger partial charge in [0.2, 0.25) is 11.8 Å². The number of rotatable bonds is 4. The summed E-state index contributed by atoms with van der Waals surface area (Å²) in [7, 11) is 1.74. The Labute approximate surface area is 162 Å². The van der Waals surface area contributed by atoms with Crippen molar-refractivity contribution in [3.05, 3.63) is 34.2 Å². The lowest BCUT2D eigenvalue weighted by atomic mass is 10.1. The average molecular weight is 383 g/mol. The Morgan fingerprint density at radius 1 is 1.18 bits per heavy atom. The van der Waals surface area contributed by atoms with E-state index in [0.717, 1.165) is 37.1 Å². The molecule has 0 aliphatic carbocycles. The number of imide groups is 1. The van der Waals surface area contributed by atoms with Crippen molar-refractivity contribution in [2.45, 2.75) is 43.8 Å². The molecule has 3 aliphatic rings. The van der Waals surface area contributed by atoms with Crippen LogP contribution in [0.2, 0.25) is 0 Å². The number of piperazine rings is 1. The van der Waals surface area contributed by atoms with Crippen LogP contribution in [-0.2, 0) is 23.1 Å². The summed E-state index contributed by atoms with van der Waals surface area (Å²) >= 11 is 0. The summed E-state index contributed by atoms with van der Waals surface area (Å²) in [6.07, 6.45) is 2.81. The third kappa shape index (κ3) is 2.79. The number of carbonyl (C=O) groups excluding carboxylic acids is 2. The first-order chi connectivity index (χ1) is 13.5. The Hall–Kier alpha value is -2.45. The van der Waals surface area contributed by atoms with Gasteiger partial charge in [-0.1, -0.05) is 6.07 Å². The number of aromatic nitrogens is 2. The van der Waals surface area contributed by atoms with Crippen molar-refractivity contribution in [1.29, 1.82) is 0 Å². The van der Waals surface area contributed by atoms with E-state index in [9.17, 15) is 14.4 Å². The van der Waals surface area contributed by atoms with Crippen molar-refractivity contribution in [1.82, 2.24) is 24.7 Å². The van der Waals surface area contributed by atoms with Crippen LogP contribution in [0.3, 0.4) is 0 Å². The summed E-state index contributed by atoms with van der Waals surface area (Å²) in [6.45, 7) is 3.24. The second kappa shape index (κ2) is 6.56. The molecule has 0 spiro atoms. The van der Waals surface area contributed by atoms with E-state index in [1.54, 1.807) is 11.6 Å². The van der Waals surface area contributed by atoms with Crippen LogP contribution in [0.5, 0.6) is 0 Å². The van der Waals surface area contributed by atoms with Crippen LogP contribution >= 0.6 is 0 Å². The van der Waals surface area contributed by atoms with E-state index in [2.05, 4.69) is 27.7 Å². The molecule has 3 fully saturated rings. The van der Waals surface area contributed by atoms with Crippen LogP contribution in [0.25, 0.3) is 11.0 Å². The number of aryl methyl sites for hydroxylation is 1. The number of carbonyl (C=O) groups is 2. The van der Waals surface area contributed by atoms with Gasteiger partial charge in [0.05, 0.1) is 11.0 Å². The summed E-state index contributed by atoms with van der Waals surface area (Å²) < 4.78 is 3.14. The minimum atomic E-state index is -0.632. The average Bonchev–Trinajstić information content (AvgIpc) is 3.36. The topological polar surface area (TPSA) is 88.4 Å². The molecule has 148 valence electrons. The number of hydrogen-bond donors (Lipinski definition) is 2. The van der Waals surface area contributed by atoms with E-state index in [4.69, 9.17) is 0 Å². The molecule has 2 N–H and O–H groups in total. The van der Waals surface area contributed by atoms with Gasteiger partial charge in [0.25, 0.3) is 0 Å². The predicted octanol–water partition coefficient (Wildman–Crippen LogP) is -0.0937. The number of nitrogens with zero attached hydrogens (tertiary/aromatic N) is 3. The normalized spacial score (nSPS) is 27.7. The molecule has 28 heavy (non-hydrogen) atoms. The Kier molecular flexibility index (Phi) is 4.13. The van der Waals surface area contributed by atoms with Gasteiger partial charge >= 0.3 is 5.69 Å². The van der Waals surface area contributed by atoms with Gasteiger partial charge in [0.15, 0.2) is 0 Å². The number of likely N-dealkylation sites (tertiary alicyclic amines) is 1. The lowest BCUT2D eigenvalue weighted by Gasteiger charge is -2.27. The van der Waals surface area contributed by atoms with Gasteiger partial charge in [-0.25, -0.2) is 4.79 Å². The highest BCUT2D eigenvalue weighted by atomic mass is 16.2. The van der Waals surface area contributed by atoms with E-state index < -0.39 is 11.9 Å². The fourth-order valence-electron chi connectivity index (χ4n) is 4.99. The lowest BCUT2D eigenvalue weighted by molar-refractivity contribution is -0.135. The van der Waals surface area contributed by atoms with Crippen LogP contribution in [0.4, 0.5) is 0 Å². The number of benzene rings is 1. The smallest absolute Gasteiger partial charge is 0.311 e. The standard InChI is InChI=1S/C20H25N5O3/c1-23-17-8-12(6-7-24-11-13-9-14(24)10-21-13)2-3-15(17)25(20(23)28)16-4-5-18(26)22-19(16)27/h2-3,8,13-14,16,21H,4-7,9-11H2,1H3,(H,22,26,27)/t13-,14?,16?/m1/s1. The first-order valence-electron chi connectivity index (χ1n) is 10.0. The summed E-state index contributed by atoms with van der Waals surface area (Å²) in [5, 5.41) is 5.87. The molecule has 3 atom stereocenters. The quantitative estimate of drug-likeness (QED) is 0.721. The molecule has 3 aliphatic heterocycles. The third-order valence-corrected chi connectivity index (χ3v) is 6.53. The lowest BCUT2D eigenvalue weighted by Crippen LogP contribution is -2.44. The van der Waals surface area contributed by atoms with E-state index >= 15 is 0 Å². The minimum Gasteiger partial charge on any atom is -0.311 e. The maximum Gasteiger partial charge on any atom is 0.329 e. The fraction of sp³-hybridized carbons (Fsp3) is 0.550. The molecule has 0 radical (unpaired) electrons. The number of fused-ring (bicyclic) bond motifs is 3. The SMILES string of the molecule is Cn1c(=O)n(C2CCC(=O)NC2=O)c2ccc(CCN3C[C@H]4CC3CN4)cc21. The Balaban J connectivity index is 1.41. The van der Waals surface area contributed by atoms with Gasteiger partial charge in [-0.3, -0.25) is 28.9 Å². The third-order valence-electron chi connectivity index (χ3n) is 6.53. The monoisotopic (exact) mass is 383 g/mol.